The summed E-state index contributed by atoms with van der Waals surface area (Å²) >= 11 is 0. The van der Waals surface area contributed by atoms with Gasteiger partial charge in [-0.25, -0.2) is 0 Å². The van der Waals surface area contributed by atoms with Gasteiger partial charge in [0.1, 0.15) is 0 Å². The fourth-order valence-corrected chi connectivity index (χ4v) is 2.13. The number of hydrogen-bond donors (Lipinski definition) is 0. The average Bonchev–Trinajstić information content (AvgIpc) is 2.51. The zero-order valence-electron chi connectivity index (χ0n) is 12.0. The molecular weight excluding hydrogens is 227 g/mol. The predicted octanol–water partition coefficient (Wildman–Crippen LogP) is 4.91. The molecule has 0 aliphatic carbocycles. The molecule has 0 saturated carbocycles. The van der Waals surface area contributed by atoms with E-state index in [1.54, 1.807) is 0 Å². The second-order valence-electron chi connectivity index (χ2n) is 4.01. The van der Waals surface area contributed by atoms with Crippen molar-refractivity contribution in [3.63, 3.8) is 0 Å². The van der Waals surface area contributed by atoms with Crippen LogP contribution >= 0.6 is 0 Å². The first-order valence-corrected chi connectivity index (χ1v) is 6.63. The molecule has 3 aromatic carbocycles. The van der Waals surface area contributed by atoms with E-state index in [0.717, 1.165) is 0 Å². The van der Waals surface area contributed by atoms with Crippen molar-refractivity contribution in [2.24, 2.45) is 0 Å². The van der Waals surface area contributed by atoms with E-state index in [4.69, 9.17) is 0 Å². The van der Waals surface area contributed by atoms with Crippen molar-refractivity contribution in [2.75, 3.05) is 0 Å². The van der Waals surface area contributed by atoms with Crippen molar-refractivity contribution in [3.8, 4) is 0 Å². The molecule has 0 nitrogen and oxygen atoms in total. The Hall–Kier alpha value is -1.89. The Bertz CT molecular complexity index is 656. The van der Waals surface area contributed by atoms with Crippen LogP contribution in [-0.4, -0.2) is 14.0 Å². The molecule has 0 heterocycles. The molecule has 0 spiro atoms. The van der Waals surface area contributed by atoms with Crippen LogP contribution in [0.15, 0.2) is 54.6 Å². The number of rotatable bonds is 0. The van der Waals surface area contributed by atoms with Crippen LogP contribution in [0.25, 0.3) is 21.5 Å². The molecule has 0 bridgehead atoms. The Kier molecular flexibility index (Phi) is 6.01. The molecule has 1 radical (unpaired) electrons. The molecule has 95 valence electrons. The summed E-state index contributed by atoms with van der Waals surface area (Å²) in [6.45, 7) is 8.88. The Morgan fingerprint density at radius 3 is 2.05 bits per heavy atom. The predicted molar refractivity (Wildman–Crippen MR) is 90.4 cm³/mol. The van der Waals surface area contributed by atoms with Gasteiger partial charge in [-0.15, -0.1) is 0 Å². The molecule has 0 unspecified atom stereocenters. The van der Waals surface area contributed by atoms with Gasteiger partial charge in [-0.3, -0.25) is 0 Å². The van der Waals surface area contributed by atoms with Crippen molar-refractivity contribution in [1.29, 1.82) is 0 Å². The molecule has 1 heteroatoms. The third-order valence-corrected chi connectivity index (χ3v) is 2.90. The van der Waals surface area contributed by atoms with Crippen molar-refractivity contribution in [2.45, 2.75) is 20.8 Å². The zero-order valence-corrected chi connectivity index (χ0v) is 12.0. The van der Waals surface area contributed by atoms with Crippen LogP contribution in [0, 0.1) is 6.92 Å². The van der Waals surface area contributed by atoms with E-state index in [1.807, 2.05) is 13.8 Å². The molecule has 0 N–H and O–H groups in total. The first-order valence-electron chi connectivity index (χ1n) is 6.63. The first-order chi connectivity index (χ1) is 9.34. The maximum atomic E-state index is 4.25. The second kappa shape index (κ2) is 7.53. The second-order valence-corrected chi connectivity index (χ2v) is 4.01. The monoisotopic (exact) mass is 247 g/mol. The normalized spacial score (nSPS) is 9.16. The quantitative estimate of drug-likeness (QED) is 0.391. The van der Waals surface area contributed by atoms with Gasteiger partial charge in [-0.1, -0.05) is 74.0 Å². The summed E-state index contributed by atoms with van der Waals surface area (Å²) < 4.78 is 0. The Morgan fingerprint density at radius 2 is 1.32 bits per heavy atom. The molecule has 3 rings (SSSR count). The van der Waals surface area contributed by atoms with Crippen LogP contribution in [0.5, 0.6) is 0 Å². The topological polar surface area (TPSA) is 0 Å². The molecule has 0 aliphatic rings. The molecule has 0 amide bonds. The van der Waals surface area contributed by atoms with E-state index in [9.17, 15) is 0 Å². The summed E-state index contributed by atoms with van der Waals surface area (Å²) in [5, 5.41) is 5.33. The summed E-state index contributed by atoms with van der Waals surface area (Å²) in [6, 6.07) is 19.6. The van der Waals surface area contributed by atoms with Crippen LogP contribution in [0.2, 0.25) is 0 Å². The number of benzene rings is 3. The summed E-state index contributed by atoms with van der Waals surface area (Å²) in [4.78, 5) is 0. The van der Waals surface area contributed by atoms with E-state index in [0.29, 0.717) is 0 Å². The summed E-state index contributed by atoms with van der Waals surface area (Å²) in [7, 11) is 4.25. The van der Waals surface area contributed by atoms with Crippen LogP contribution in [-0.2, 0) is 0 Å². The van der Waals surface area contributed by atoms with Gasteiger partial charge in [0.2, 0.25) is 0 Å². The molecule has 0 saturated heterocycles. The zero-order chi connectivity index (χ0) is 14.3. The first kappa shape index (κ1) is 15.2. The minimum atomic E-state index is 1.31. The van der Waals surface area contributed by atoms with Gasteiger partial charge >= 0.3 is 14.0 Å². The SMILES string of the molecule is CC.Cc1ccc2c(ccc3ccccc32)c1.[B]=C. The fourth-order valence-electron chi connectivity index (χ4n) is 2.13. The number of aryl methyl sites for hydroxylation is 1. The third-order valence-electron chi connectivity index (χ3n) is 2.90. The summed E-state index contributed by atoms with van der Waals surface area (Å²) in [5.41, 5.74) is 1.32. The molecule has 0 aliphatic heterocycles. The Balaban J connectivity index is 0.000000415. The van der Waals surface area contributed by atoms with Crippen molar-refractivity contribution in [1.82, 2.24) is 0 Å². The molecule has 0 aromatic heterocycles. The molecule has 0 fully saturated rings. The van der Waals surface area contributed by atoms with Crippen molar-refractivity contribution >= 4 is 35.5 Å². The van der Waals surface area contributed by atoms with E-state index < -0.39 is 0 Å². The van der Waals surface area contributed by atoms with Gasteiger partial charge in [0.25, 0.3) is 0 Å². The summed E-state index contributed by atoms with van der Waals surface area (Å²) in [5.74, 6) is 0. The van der Waals surface area contributed by atoms with Gasteiger partial charge in [0.15, 0.2) is 0 Å². The van der Waals surface area contributed by atoms with Gasteiger partial charge in [-0.2, -0.15) is 0 Å². The van der Waals surface area contributed by atoms with Crippen molar-refractivity contribution < 1.29 is 0 Å². The van der Waals surface area contributed by atoms with Crippen LogP contribution < -0.4 is 0 Å². The van der Waals surface area contributed by atoms with Crippen LogP contribution in [0.3, 0.4) is 0 Å². The average molecular weight is 247 g/mol. The molecule has 0 atom stereocenters. The molecule has 3 aromatic rings. The van der Waals surface area contributed by atoms with Gasteiger partial charge in [0, 0.05) is 0 Å². The number of hydrogen-bond acceptors (Lipinski definition) is 0. The van der Waals surface area contributed by atoms with E-state index in [2.05, 4.69) is 75.5 Å². The molecule has 19 heavy (non-hydrogen) atoms. The number of fused-ring (bicyclic) bond motifs is 3. The minimum absolute atomic E-state index is 1.31. The fraction of sp³-hybridized carbons (Fsp3) is 0.167. The third kappa shape index (κ3) is 3.32. The standard InChI is InChI=1S/C15H12.C2H6.CH2B/c1-11-6-9-15-13(10-11)8-7-12-4-2-3-5-14(12)15;2*1-2/h2-10H,1H3;1-2H3;1H2. The Morgan fingerprint density at radius 1 is 0.737 bits per heavy atom. The van der Waals surface area contributed by atoms with Crippen LogP contribution in [0.4, 0.5) is 0 Å². The van der Waals surface area contributed by atoms with Crippen LogP contribution in [0.1, 0.15) is 19.4 Å². The van der Waals surface area contributed by atoms with E-state index >= 15 is 0 Å². The van der Waals surface area contributed by atoms with Gasteiger partial charge in [0.05, 0.1) is 0 Å². The van der Waals surface area contributed by atoms with E-state index in [1.165, 1.54) is 27.1 Å². The summed E-state index contributed by atoms with van der Waals surface area (Å²) in [6.07, 6.45) is 0. The molecular formula is C18H20B. The van der Waals surface area contributed by atoms with Gasteiger partial charge in [-0.05, 0) is 28.5 Å². The van der Waals surface area contributed by atoms with Crippen molar-refractivity contribution in [3.05, 3.63) is 60.2 Å². The van der Waals surface area contributed by atoms with E-state index in [-0.39, 0.29) is 0 Å². The maximum absolute atomic E-state index is 4.25. The van der Waals surface area contributed by atoms with Gasteiger partial charge < -0.3 is 0 Å². The Labute approximate surface area is 117 Å².